The molecular formula is C12H14Br2N4O. The van der Waals surface area contributed by atoms with E-state index in [4.69, 9.17) is 10.3 Å². The molecule has 2 atom stereocenters. The van der Waals surface area contributed by atoms with E-state index in [-0.39, 0.29) is 12.0 Å². The summed E-state index contributed by atoms with van der Waals surface area (Å²) < 4.78 is 6.97. The number of pyridine rings is 1. The van der Waals surface area contributed by atoms with Gasteiger partial charge in [0.15, 0.2) is 0 Å². The summed E-state index contributed by atoms with van der Waals surface area (Å²) in [5.74, 6) is 1.03. The average Bonchev–Trinajstić information content (AvgIpc) is 2.86. The fraction of sp³-hybridized carbons (Fsp3) is 0.417. The Hall–Kier alpha value is -0.790. The van der Waals surface area contributed by atoms with Gasteiger partial charge in [0.1, 0.15) is 5.69 Å². The van der Waals surface area contributed by atoms with Crippen LogP contribution in [0.25, 0.3) is 11.5 Å². The minimum Gasteiger partial charge on any atom is -0.339 e. The molecule has 0 aromatic carbocycles. The number of hydrogen-bond acceptors (Lipinski definition) is 5. The molecule has 2 aromatic rings. The van der Waals surface area contributed by atoms with Crippen LogP contribution in [0.15, 0.2) is 25.7 Å². The molecule has 5 nitrogen and oxygen atoms in total. The van der Waals surface area contributed by atoms with E-state index < -0.39 is 0 Å². The van der Waals surface area contributed by atoms with Gasteiger partial charge in [0.25, 0.3) is 0 Å². The number of nitrogens with zero attached hydrogens (tertiary/aromatic N) is 3. The van der Waals surface area contributed by atoms with Crippen molar-refractivity contribution >= 4 is 31.9 Å². The molecule has 102 valence electrons. The minimum absolute atomic E-state index is 0.00891. The predicted octanol–water partition coefficient (Wildman–Crippen LogP) is 3.50. The van der Waals surface area contributed by atoms with Crippen LogP contribution in [0, 0.1) is 0 Å². The third-order valence-electron chi connectivity index (χ3n) is 2.96. The van der Waals surface area contributed by atoms with E-state index in [1.54, 1.807) is 6.20 Å². The smallest absolute Gasteiger partial charge is 0.231 e. The lowest BCUT2D eigenvalue weighted by atomic mass is 10.0. The van der Waals surface area contributed by atoms with Crippen molar-refractivity contribution in [3.05, 3.63) is 27.1 Å². The van der Waals surface area contributed by atoms with Crippen LogP contribution in [-0.2, 0) is 0 Å². The number of hydrogen-bond donors (Lipinski definition) is 1. The Morgan fingerprint density at radius 1 is 1.42 bits per heavy atom. The van der Waals surface area contributed by atoms with Crippen LogP contribution < -0.4 is 5.73 Å². The topological polar surface area (TPSA) is 77.8 Å². The molecule has 2 heterocycles. The fourth-order valence-electron chi connectivity index (χ4n) is 1.63. The highest BCUT2D eigenvalue weighted by Gasteiger charge is 2.21. The van der Waals surface area contributed by atoms with Crippen LogP contribution in [0.2, 0.25) is 0 Å². The van der Waals surface area contributed by atoms with E-state index in [9.17, 15) is 0 Å². The molecule has 0 spiro atoms. The quantitative estimate of drug-likeness (QED) is 0.865. The lowest BCUT2D eigenvalue weighted by molar-refractivity contribution is 0.340. The van der Waals surface area contributed by atoms with Crippen LogP contribution in [0.3, 0.4) is 0 Å². The van der Waals surface area contributed by atoms with Crippen molar-refractivity contribution in [3.8, 4) is 11.5 Å². The Labute approximate surface area is 128 Å². The standard InChI is InChI=1S/C12H14Br2N4O/c1-3-9(15)6(2)12-17-11(18-19-12)10-8(14)4-7(13)5-16-10/h4-6,9H,3,15H2,1-2H3. The van der Waals surface area contributed by atoms with Crippen LogP contribution in [0.4, 0.5) is 0 Å². The fourth-order valence-corrected chi connectivity index (χ4v) is 2.80. The normalized spacial score (nSPS) is 14.4. The summed E-state index contributed by atoms with van der Waals surface area (Å²) in [6.45, 7) is 4.01. The first-order chi connectivity index (χ1) is 9.02. The highest BCUT2D eigenvalue weighted by atomic mass is 79.9. The third-order valence-corrected chi connectivity index (χ3v) is 4.00. The number of nitrogens with two attached hydrogens (primary N) is 1. The lowest BCUT2D eigenvalue weighted by Gasteiger charge is -2.13. The van der Waals surface area contributed by atoms with Gasteiger partial charge >= 0.3 is 0 Å². The largest absolute Gasteiger partial charge is 0.339 e. The summed E-state index contributed by atoms with van der Waals surface area (Å²) in [5.41, 5.74) is 6.64. The molecule has 0 aliphatic rings. The van der Waals surface area contributed by atoms with E-state index >= 15 is 0 Å². The molecule has 2 rings (SSSR count). The Bertz CT molecular complexity index is 573. The second-order valence-corrected chi connectivity index (χ2v) is 6.07. The summed E-state index contributed by atoms with van der Waals surface area (Å²) in [6, 6.07) is 1.90. The number of aromatic nitrogens is 3. The van der Waals surface area contributed by atoms with Gasteiger partial charge in [-0.05, 0) is 44.3 Å². The van der Waals surface area contributed by atoms with Gasteiger partial charge in [-0.15, -0.1) is 0 Å². The molecule has 0 aliphatic heterocycles. The van der Waals surface area contributed by atoms with E-state index in [1.807, 2.05) is 19.9 Å². The monoisotopic (exact) mass is 388 g/mol. The van der Waals surface area contributed by atoms with Crippen molar-refractivity contribution in [3.63, 3.8) is 0 Å². The second-order valence-electron chi connectivity index (χ2n) is 4.30. The van der Waals surface area contributed by atoms with Crippen LogP contribution in [0.1, 0.15) is 32.1 Å². The van der Waals surface area contributed by atoms with E-state index in [2.05, 4.69) is 47.0 Å². The molecule has 0 saturated heterocycles. The molecule has 0 saturated carbocycles. The molecule has 0 fully saturated rings. The third kappa shape index (κ3) is 3.21. The first-order valence-electron chi connectivity index (χ1n) is 5.93. The SMILES string of the molecule is CCC(N)C(C)c1nc(-c2ncc(Br)cc2Br)no1. The summed E-state index contributed by atoms with van der Waals surface area (Å²) in [5, 5.41) is 3.97. The zero-order valence-corrected chi connectivity index (χ0v) is 13.8. The van der Waals surface area contributed by atoms with E-state index in [1.165, 1.54) is 0 Å². The highest BCUT2D eigenvalue weighted by Crippen LogP contribution is 2.28. The van der Waals surface area contributed by atoms with Gasteiger partial charge < -0.3 is 10.3 Å². The summed E-state index contributed by atoms with van der Waals surface area (Å²) in [6.07, 6.45) is 2.55. The molecule has 2 aromatic heterocycles. The zero-order valence-electron chi connectivity index (χ0n) is 10.6. The summed E-state index contributed by atoms with van der Waals surface area (Å²) in [4.78, 5) is 8.65. The molecule has 2 unspecified atom stereocenters. The van der Waals surface area contributed by atoms with Crippen LogP contribution >= 0.6 is 31.9 Å². The Morgan fingerprint density at radius 3 is 2.79 bits per heavy atom. The second kappa shape index (κ2) is 6.11. The van der Waals surface area contributed by atoms with Gasteiger partial charge in [0.2, 0.25) is 11.7 Å². The predicted molar refractivity (Wildman–Crippen MR) is 79.6 cm³/mol. The van der Waals surface area contributed by atoms with Gasteiger partial charge in [0, 0.05) is 21.2 Å². The van der Waals surface area contributed by atoms with Crippen molar-refractivity contribution in [1.29, 1.82) is 0 Å². The first-order valence-corrected chi connectivity index (χ1v) is 7.52. The number of rotatable bonds is 4. The van der Waals surface area contributed by atoms with Gasteiger partial charge in [-0.3, -0.25) is 4.98 Å². The van der Waals surface area contributed by atoms with Crippen molar-refractivity contribution in [2.24, 2.45) is 5.73 Å². The van der Waals surface area contributed by atoms with Gasteiger partial charge in [-0.1, -0.05) is 19.0 Å². The molecule has 2 N–H and O–H groups in total. The van der Waals surface area contributed by atoms with Crippen LogP contribution in [-0.4, -0.2) is 21.2 Å². The minimum atomic E-state index is 0.00891. The van der Waals surface area contributed by atoms with Gasteiger partial charge in [-0.25, -0.2) is 0 Å². The Balaban J connectivity index is 2.30. The molecule has 0 bridgehead atoms. The van der Waals surface area contributed by atoms with Gasteiger partial charge in [-0.2, -0.15) is 4.98 Å². The zero-order chi connectivity index (χ0) is 14.0. The Kier molecular flexibility index (Phi) is 4.70. The maximum Gasteiger partial charge on any atom is 0.231 e. The molecule has 7 heteroatoms. The van der Waals surface area contributed by atoms with Crippen molar-refractivity contribution in [2.75, 3.05) is 0 Å². The van der Waals surface area contributed by atoms with Gasteiger partial charge in [0.05, 0.1) is 5.92 Å². The molecular weight excluding hydrogens is 376 g/mol. The summed E-state index contributed by atoms with van der Waals surface area (Å²) >= 11 is 6.79. The Morgan fingerprint density at radius 2 is 2.16 bits per heavy atom. The van der Waals surface area contributed by atoms with Crippen LogP contribution in [0.5, 0.6) is 0 Å². The van der Waals surface area contributed by atoms with Crippen molar-refractivity contribution in [2.45, 2.75) is 32.2 Å². The van der Waals surface area contributed by atoms with Crippen molar-refractivity contribution < 1.29 is 4.52 Å². The van der Waals surface area contributed by atoms with Crippen molar-refractivity contribution in [1.82, 2.24) is 15.1 Å². The molecule has 0 aliphatic carbocycles. The van der Waals surface area contributed by atoms with E-state index in [0.717, 1.165) is 15.4 Å². The molecule has 19 heavy (non-hydrogen) atoms. The summed E-state index contributed by atoms with van der Waals surface area (Å²) in [7, 11) is 0. The molecule has 0 radical (unpaired) electrons. The maximum atomic E-state index is 5.99. The van der Waals surface area contributed by atoms with E-state index in [0.29, 0.717) is 17.4 Å². The highest BCUT2D eigenvalue weighted by molar-refractivity contribution is 9.11. The average molecular weight is 390 g/mol. The number of halogens is 2. The maximum absolute atomic E-state index is 5.99. The lowest BCUT2D eigenvalue weighted by Crippen LogP contribution is -2.25. The first kappa shape index (κ1) is 14.6. The molecule has 0 amide bonds.